The number of ether oxygens (including phenoxy) is 1. The molecule has 0 fully saturated rings. The summed E-state index contributed by atoms with van der Waals surface area (Å²) in [4.78, 5) is 35.2. The summed E-state index contributed by atoms with van der Waals surface area (Å²) in [5.41, 5.74) is 3.77. The average Bonchev–Trinajstić information content (AvgIpc) is 2.61. The largest absolute Gasteiger partial charge is 0.452 e. The van der Waals surface area contributed by atoms with Crippen molar-refractivity contribution >= 4 is 41.0 Å². The van der Waals surface area contributed by atoms with E-state index in [1.54, 1.807) is 12.1 Å². The Labute approximate surface area is 156 Å². The zero-order valence-corrected chi connectivity index (χ0v) is 14.3. The van der Waals surface area contributed by atoms with Gasteiger partial charge in [0.15, 0.2) is 18.2 Å². The molecule has 0 saturated heterocycles. The molecule has 136 valence electrons. The highest BCUT2D eigenvalue weighted by molar-refractivity contribution is 6.34. The molecule has 6 nitrogen and oxygen atoms in total. The summed E-state index contributed by atoms with van der Waals surface area (Å²) >= 11 is 11.5. The maximum absolute atomic E-state index is 13.1. The molecular formula is C16H10Cl2F2N2O4. The van der Waals surface area contributed by atoms with E-state index in [1.165, 1.54) is 12.1 Å². The number of carbonyl (C=O) groups is 3. The Kier molecular flexibility index (Phi) is 6.48. The minimum atomic E-state index is -1.29. The van der Waals surface area contributed by atoms with E-state index in [4.69, 9.17) is 23.2 Å². The van der Waals surface area contributed by atoms with E-state index >= 15 is 0 Å². The lowest BCUT2D eigenvalue weighted by molar-refractivity contribution is -0.125. The van der Waals surface area contributed by atoms with Crippen LogP contribution in [0.2, 0.25) is 10.0 Å². The van der Waals surface area contributed by atoms with Crippen molar-refractivity contribution < 1.29 is 27.9 Å². The number of hydrogen-bond donors (Lipinski definition) is 2. The number of rotatable bonds is 4. The molecule has 0 bridgehead atoms. The second-order valence-corrected chi connectivity index (χ2v) is 5.62. The first-order valence-corrected chi connectivity index (χ1v) is 7.70. The number of amides is 2. The van der Waals surface area contributed by atoms with Gasteiger partial charge in [-0.2, -0.15) is 0 Å². The van der Waals surface area contributed by atoms with Gasteiger partial charge in [0.25, 0.3) is 11.8 Å². The van der Waals surface area contributed by atoms with Crippen LogP contribution >= 0.6 is 23.2 Å². The predicted octanol–water partition coefficient (Wildman–Crippen LogP) is 2.89. The topological polar surface area (TPSA) is 84.5 Å². The van der Waals surface area contributed by atoms with E-state index in [0.29, 0.717) is 12.1 Å². The highest BCUT2D eigenvalue weighted by Gasteiger charge is 2.18. The van der Waals surface area contributed by atoms with E-state index in [-0.39, 0.29) is 15.6 Å². The summed E-state index contributed by atoms with van der Waals surface area (Å²) in [5, 5.41) is -0.194. The Hall–Kier alpha value is -2.71. The predicted molar refractivity (Wildman–Crippen MR) is 88.7 cm³/mol. The molecular weight excluding hydrogens is 393 g/mol. The monoisotopic (exact) mass is 402 g/mol. The number of esters is 1. The molecule has 2 amide bonds. The third kappa shape index (κ3) is 4.90. The highest BCUT2D eigenvalue weighted by atomic mass is 35.5. The first kappa shape index (κ1) is 19.6. The molecule has 0 radical (unpaired) electrons. The van der Waals surface area contributed by atoms with Crippen LogP contribution in [-0.4, -0.2) is 24.4 Å². The normalized spacial score (nSPS) is 10.2. The van der Waals surface area contributed by atoms with Crippen LogP contribution in [0.5, 0.6) is 0 Å². The van der Waals surface area contributed by atoms with E-state index in [0.717, 1.165) is 0 Å². The van der Waals surface area contributed by atoms with Gasteiger partial charge in [0.1, 0.15) is 0 Å². The highest BCUT2D eigenvalue weighted by Crippen LogP contribution is 2.20. The van der Waals surface area contributed by atoms with Crippen molar-refractivity contribution in [1.82, 2.24) is 10.9 Å². The fourth-order valence-electron chi connectivity index (χ4n) is 1.76. The van der Waals surface area contributed by atoms with Gasteiger partial charge < -0.3 is 4.74 Å². The van der Waals surface area contributed by atoms with E-state index in [2.05, 4.69) is 10.2 Å². The molecule has 2 aromatic carbocycles. The minimum absolute atomic E-state index is 0.125. The van der Waals surface area contributed by atoms with Gasteiger partial charge in [0.2, 0.25) is 0 Å². The number of nitrogens with one attached hydrogen (secondary N) is 2. The second kappa shape index (κ2) is 8.59. The lowest BCUT2D eigenvalue weighted by atomic mass is 10.2. The van der Waals surface area contributed by atoms with Gasteiger partial charge in [0, 0.05) is 0 Å². The van der Waals surface area contributed by atoms with E-state index < -0.39 is 41.6 Å². The van der Waals surface area contributed by atoms with Crippen LogP contribution < -0.4 is 10.9 Å². The summed E-state index contributed by atoms with van der Waals surface area (Å²) < 4.78 is 30.7. The molecule has 0 unspecified atom stereocenters. The van der Waals surface area contributed by atoms with Crippen LogP contribution in [0.4, 0.5) is 8.78 Å². The Bertz CT molecular complexity index is 877. The van der Waals surface area contributed by atoms with Gasteiger partial charge in [0.05, 0.1) is 21.2 Å². The van der Waals surface area contributed by atoms with Crippen molar-refractivity contribution in [2.24, 2.45) is 0 Å². The molecule has 10 heteroatoms. The maximum atomic E-state index is 13.1. The Morgan fingerprint density at radius 3 is 2.27 bits per heavy atom. The molecule has 0 aliphatic heterocycles. The molecule has 0 atom stereocenters. The molecule has 0 aliphatic rings. The van der Waals surface area contributed by atoms with Crippen LogP contribution in [0.3, 0.4) is 0 Å². The summed E-state index contributed by atoms with van der Waals surface area (Å²) in [5.74, 6) is -5.22. The third-order valence-corrected chi connectivity index (χ3v) is 3.64. The summed E-state index contributed by atoms with van der Waals surface area (Å²) in [6.45, 7) is -0.795. The minimum Gasteiger partial charge on any atom is -0.452 e. The lowest BCUT2D eigenvalue weighted by Crippen LogP contribution is -2.43. The Morgan fingerprint density at radius 2 is 1.58 bits per heavy atom. The van der Waals surface area contributed by atoms with E-state index in [9.17, 15) is 23.2 Å². The maximum Gasteiger partial charge on any atom is 0.340 e. The van der Waals surface area contributed by atoms with Crippen molar-refractivity contribution in [1.29, 1.82) is 0 Å². The first-order chi connectivity index (χ1) is 12.3. The lowest BCUT2D eigenvalue weighted by Gasteiger charge is -2.09. The fourth-order valence-corrected chi connectivity index (χ4v) is 2.21. The van der Waals surface area contributed by atoms with Crippen molar-refractivity contribution in [3.05, 3.63) is 69.2 Å². The third-order valence-electron chi connectivity index (χ3n) is 3.00. The van der Waals surface area contributed by atoms with Crippen LogP contribution in [-0.2, 0) is 9.53 Å². The van der Waals surface area contributed by atoms with Gasteiger partial charge in [-0.05, 0) is 24.3 Å². The van der Waals surface area contributed by atoms with Gasteiger partial charge >= 0.3 is 5.97 Å². The van der Waals surface area contributed by atoms with Crippen molar-refractivity contribution in [2.75, 3.05) is 6.61 Å². The van der Waals surface area contributed by atoms with Gasteiger partial charge in [-0.25, -0.2) is 13.6 Å². The van der Waals surface area contributed by atoms with Crippen molar-refractivity contribution in [3.8, 4) is 0 Å². The standard InChI is InChI=1S/C16H10Cl2F2N2O4/c17-10-4-2-1-3-8(10)15(24)22-21-14(23)7-26-16(25)9-5-12(19)13(20)6-11(9)18/h1-6H,7H2,(H,21,23)(H,22,24). The van der Waals surface area contributed by atoms with Gasteiger partial charge in [-0.15, -0.1) is 0 Å². The summed E-state index contributed by atoms with van der Waals surface area (Å²) in [6.07, 6.45) is 0. The van der Waals surface area contributed by atoms with E-state index in [1.807, 2.05) is 5.43 Å². The number of hydrazine groups is 1. The molecule has 0 heterocycles. The second-order valence-electron chi connectivity index (χ2n) is 4.80. The number of benzene rings is 2. The first-order valence-electron chi connectivity index (χ1n) is 6.95. The SMILES string of the molecule is O=C(COC(=O)c1cc(F)c(F)cc1Cl)NNC(=O)c1ccccc1Cl. The van der Waals surface area contributed by atoms with Crippen LogP contribution in [0.25, 0.3) is 0 Å². The molecule has 0 saturated carbocycles. The number of hydrogen-bond acceptors (Lipinski definition) is 4. The fraction of sp³-hybridized carbons (Fsp3) is 0.0625. The molecule has 26 heavy (non-hydrogen) atoms. The van der Waals surface area contributed by atoms with Crippen LogP contribution in [0.15, 0.2) is 36.4 Å². The quantitative estimate of drug-likeness (QED) is 0.467. The molecule has 2 aromatic rings. The van der Waals surface area contributed by atoms with Crippen LogP contribution in [0, 0.1) is 11.6 Å². The average molecular weight is 403 g/mol. The summed E-state index contributed by atoms with van der Waals surface area (Å²) in [7, 11) is 0. The van der Waals surface area contributed by atoms with Crippen molar-refractivity contribution in [3.63, 3.8) is 0 Å². The molecule has 2 N–H and O–H groups in total. The molecule has 0 aliphatic carbocycles. The smallest absolute Gasteiger partial charge is 0.340 e. The zero-order chi connectivity index (χ0) is 19.3. The summed E-state index contributed by atoms with van der Waals surface area (Å²) in [6, 6.07) is 7.30. The van der Waals surface area contributed by atoms with Gasteiger partial charge in [-0.1, -0.05) is 35.3 Å². The van der Waals surface area contributed by atoms with Crippen molar-refractivity contribution in [2.45, 2.75) is 0 Å². The molecule has 2 rings (SSSR count). The number of halogens is 4. The Balaban J connectivity index is 1.87. The molecule has 0 spiro atoms. The van der Waals surface area contributed by atoms with Crippen LogP contribution in [0.1, 0.15) is 20.7 Å². The number of carbonyl (C=O) groups excluding carboxylic acids is 3. The zero-order valence-electron chi connectivity index (χ0n) is 12.8. The Morgan fingerprint density at radius 1 is 0.923 bits per heavy atom. The van der Waals surface area contributed by atoms with Gasteiger partial charge in [-0.3, -0.25) is 20.4 Å². The molecule has 0 aromatic heterocycles.